The molecular formula is C18H17N2O2SU-. The van der Waals surface area contributed by atoms with E-state index >= 15 is 0 Å². The van der Waals surface area contributed by atoms with E-state index in [1.807, 2.05) is 43.7 Å². The van der Waals surface area contributed by atoms with Gasteiger partial charge in [0.1, 0.15) is 0 Å². The summed E-state index contributed by atoms with van der Waals surface area (Å²) in [6, 6.07) is 13.2. The van der Waals surface area contributed by atoms with Crippen LogP contribution in [0.5, 0.6) is 0 Å². The van der Waals surface area contributed by atoms with Crippen LogP contribution in [0, 0.1) is 37.5 Å². The van der Waals surface area contributed by atoms with Crippen molar-refractivity contribution in [1.29, 1.82) is 0 Å². The molecule has 4 rings (SSSR count). The Balaban J connectivity index is 0.00000169. The Morgan fingerprint density at radius 1 is 1.17 bits per heavy atom. The van der Waals surface area contributed by atoms with Gasteiger partial charge in [-0.2, -0.15) is 22.3 Å². The number of benzene rings is 2. The molecule has 0 fully saturated rings. The number of pyridine rings is 1. The fraction of sp³-hybridized carbons (Fsp3) is 0.111. The molecule has 0 spiro atoms. The number of hydrogen-bond donors (Lipinski definition) is 2. The van der Waals surface area contributed by atoms with E-state index in [0.29, 0.717) is 16.1 Å². The first kappa shape index (κ1) is 17.5. The molecule has 0 saturated carbocycles. The fourth-order valence-electron chi connectivity index (χ4n) is 3.23. The van der Waals surface area contributed by atoms with Crippen molar-refractivity contribution < 1.29 is 39.9 Å². The van der Waals surface area contributed by atoms with Crippen LogP contribution in [0.1, 0.15) is 12.5 Å². The first-order valence-electron chi connectivity index (χ1n) is 7.37. The monoisotopic (exact) mass is 563 g/mol. The smallest absolute Gasteiger partial charge is 0.0801 e. The van der Waals surface area contributed by atoms with Gasteiger partial charge in [-0.1, -0.05) is 36.6 Å². The summed E-state index contributed by atoms with van der Waals surface area (Å²) in [5.41, 5.74) is 4.07. The van der Waals surface area contributed by atoms with Gasteiger partial charge in [0.25, 0.3) is 0 Å². The third kappa shape index (κ3) is 2.49. The van der Waals surface area contributed by atoms with Crippen LogP contribution in [0.3, 0.4) is 0 Å². The van der Waals surface area contributed by atoms with Gasteiger partial charge in [0, 0.05) is 49.1 Å². The van der Waals surface area contributed by atoms with Crippen LogP contribution < -0.4 is 4.72 Å². The molecule has 2 aromatic carbocycles. The average Bonchev–Trinajstić information content (AvgIpc) is 2.54. The van der Waals surface area contributed by atoms with Gasteiger partial charge in [0.2, 0.25) is 0 Å². The summed E-state index contributed by atoms with van der Waals surface area (Å²) >= 11 is 0. The molecule has 0 aliphatic carbocycles. The molecule has 122 valence electrons. The van der Waals surface area contributed by atoms with Crippen molar-refractivity contribution >= 4 is 26.1 Å². The van der Waals surface area contributed by atoms with Crippen molar-refractivity contribution in [3.8, 4) is 11.1 Å². The van der Waals surface area contributed by atoms with Crippen LogP contribution in [0.2, 0.25) is 0 Å². The number of anilines is 1. The van der Waals surface area contributed by atoms with Gasteiger partial charge in [-0.05, 0) is 17.2 Å². The van der Waals surface area contributed by atoms with E-state index in [-0.39, 0.29) is 31.1 Å². The molecular weight excluding hydrogens is 546 g/mol. The van der Waals surface area contributed by atoms with Crippen LogP contribution in [-0.2, 0) is 9.53 Å². The molecule has 1 aromatic heterocycles. The summed E-state index contributed by atoms with van der Waals surface area (Å²) in [5.74, 6) is 0. The zero-order chi connectivity index (χ0) is 16.3. The van der Waals surface area contributed by atoms with Gasteiger partial charge in [0.05, 0.1) is 10.6 Å². The summed E-state index contributed by atoms with van der Waals surface area (Å²) in [4.78, 5) is 4.88. The molecule has 0 bridgehead atoms. The number of fused-ring (bicyclic) bond motifs is 5. The molecule has 0 radical (unpaired) electrons. The normalized spacial score (nSPS) is 18.0. The number of hydrogen-bond acceptors (Lipinski definition) is 2. The summed E-state index contributed by atoms with van der Waals surface area (Å²) in [6.45, 7) is 1.98. The predicted octanol–water partition coefficient (Wildman–Crippen LogP) is 4.10. The molecule has 2 N–H and O–H groups in total. The maximum atomic E-state index is 13.2. The molecule has 6 heteroatoms. The minimum Gasteiger partial charge on any atom is -0.285 e. The minimum absolute atomic E-state index is 0. The number of aromatic nitrogens is 1. The Morgan fingerprint density at radius 2 is 1.92 bits per heavy atom. The van der Waals surface area contributed by atoms with Crippen molar-refractivity contribution in [1.82, 2.24) is 4.98 Å². The van der Waals surface area contributed by atoms with Crippen molar-refractivity contribution in [2.75, 3.05) is 11.0 Å². The first-order valence-corrected chi connectivity index (χ1v) is 9.71. The maximum absolute atomic E-state index is 13.2. The summed E-state index contributed by atoms with van der Waals surface area (Å²) in [5, 5.41) is 0.962. The van der Waals surface area contributed by atoms with E-state index in [1.54, 1.807) is 18.3 Å². The van der Waals surface area contributed by atoms with Crippen molar-refractivity contribution in [2.45, 2.75) is 11.8 Å². The third-order valence-corrected chi connectivity index (χ3v) is 6.35. The van der Waals surface area contributed by atoms with Crippen LogP contribution in [0.4, 0.5) is 5.69 Å². The molecule has 4 nitrogen and oxygen atoms in total. The van der Waals surface area contributed by atoms with Gasteiger partial charge in [-0.3, -0.25) is 14.3 Å². The average molecular weight is 563 g/mol. The molecule has 1 aliphatic heterocycles. The largest absolute Gasteiger partial charge is 0.285 e. The van der Waals surface area contributed by atoms with Crippen LogP contribution >= 0.6 is 0 Å². The van der Waals surface area contributed by atoms with Gasteiger partial charge >= 0.3 is 0 Å². The Morgan fingerprint density at radius 3 is 2.67 bits per heavy atom. The second-order valence-corrected chi connectivity index (χ2v) is 9.17. The van der Waals surface area contributed by atoms with Gasteiger partial charge < -0.3 is 0 Å². The Bertz CT molecular complexity index is 1030. The van der Waals surface area contributed by atoms with E-state index in [9.17, 15) is 8.76 Å². The molecule has 0 amide bonds. The molecule has 0 saturated heterocycles. The molecule has 3 aromatic rings. The van der Waals surface area contributed by atoms with Crippen LogP contribution in [0.25, 0.3) is 22.0 Å². The van der Waals surface area contributed by atoms with Gasteiger partial charge in [-0.15, -0.1) is 15.6 Å². The third-order valence-electron chi connectivity index (χ3n) is 4.27. The summed E-state index contributed by atoms with van der Waals surface area (Å²) < 4.78 is 26.9. The summed E-state index contributed by atoms with van der Waals surface area (Å²) in [7, 11) is -4.16. The first-order chi connectivity index (χ1) is 10.9. The van der Waals surface area contributed by atoms with Crippen LogP contribution in [0.15, 0.2) is 53.6 Å². The number of nitrogens with zero attached hydrogens (tertiary/aromatic N) is 1. The van der Waals surface area contributed by atoms with E-state index in [2.05, 4.69) is 9.71 Å². The minimum atomic E-state index is -4.16. The zero-order valence-corrected chi connectivity index (χ0v) is 18.4. The van der Waals surface area contributed by atoms with Gasteiger partial charge in [0.15, 0.2) is 0 Å². The predicted molar refractivity (Wildman–Crippen MR) is 94.8 cm³/mol. The Kier molecular flexibility index (Phi) is 4.09. The SMILES string of the molecule is C[CH-]c1cc2c(c3ncccc13)NS(C)(=O)(O)c1ccccc1-2.[U]. The zero-order valence-electron chi connectivity index (χ0n) is 13.4. The molecule has 0 unspecified atom stereocenters. The summed E-state index contributed by atoms with van der Waals surface area (Å²) in [6.07, 6.45) is 5.09. The van der Waals surface area contributed by atoms with E-state index in [1.165, 1.54) is 6.26 Å². The molecule has 0 atom stereocenters. The number of nitrogens with one attached hydrogen (secondary N) is 1. The van der Waals surface area contributed by atoms with E-state index < -0.39 is 9.53 Å². The fourth-order valence-corrected chi connectivity index (χ4v) is 5.12. The van der Waals surface area contributed by atoms with E-state index in [4.69, 9.17) is 0 Å². The van der Waals surface area contributed by atoms with Crippen molar-refractivity contribution in [3.05, 3.63) is 60.6 Å². The topological polar surface area (TPSA) is 62.2 Å². The second kappa shape index (κ2) is 5.60. The van der Waals surface area contributed by atoms with Crippen molar-refractivity contribution in [2.24, 2.45) is 0 Å². The molecule has 24 heavy (non-hydrogen) atoms. The molecule has 2 heterocycles. The second-order valence-electron chi connectivity index (χ2n) is 5.96. The quantitative estimate of drug-likeness (QED) is 0.439. The molecule has 1 aliphatic rings. The maximum Gasteiger partial charge on any atom is 0.0801 e. The Labute approximate surface area is 164 Å². The Hall–Kier alpha value is -1.32. The number of rotatable bonds is 1. The van der Waals surface area contributed by atoms with E-state index in [0.717, 1.165) is 22.1 Å². The van der Waals surface area contributed by atoms with Crippen molar-refractivity contribution in [3.63, 3.8) is 0 Å². The van der Waals surface area contributed by atoms with Gasteiger partial charge in [-0.25, -0.2) is 0 Å². The standard InChI is InChI=1S/C18H17N2O2S.U/c1-3-12-11-15-14-7-4-5-9-16(14)23(2,21,22)20-18(15)17-13(12)8-6-10-19-17;/h3-11H,1-2H3,(H2,20,21,22);/q-1;. The van der Waals surface area contributed by atoms with Crippen LogP contribution in [-0.4, -0.2) is 20.0 Å².